The van der Waals surface area contributed by atoms with Gasteiger partial charge in [-0.3, -0.25) is 4.79 Å². The molecule has 40 heavy (non-hydrogen) atoms. The summed E-state index contributed by atoms with van der Waals surface area (Å²) in [6.07, 6.45) is 2.60. The molecule has 1 amide bonds. The van der Waals surface area contributed by atoms with Crippen LogP contribution in [0.15, 0.2) is 78.9 Å². The lowest BCUT2D eigenvalue weighted by molar-refractivity contribution is -0.124. The van der Waals surface area contributed by atoms with E-state index < -0.39 is 8.32 Å². The minimum atomic E-state index is -2.73. The molecule has 6 heteroatoms. The smallest absolute Gasteiger partial charge is 0.261 e. The van der Waals surface area contributed by atoms with Gasteiger partial charge in [0.15, 0.2) is 0 Å². The van der Waals surface area contributed by atoms with Gasteiger partial charge in [0, 0.05) is 12.7 Å². The number of amides is 1. The SMILES string of the molecule is CC(C)[C@H]1C(=O)N[C@H](CO[Si](c2ccccc2)(c2ccccc2)C(C)(C)C)Cc2ccc(CCCN)cc2N1C. The fourth-order valence-electron chi connectivity index (χ4n) is 6.34. The maximum absolute atomic E-state index is 13.7. The topological polar surface area (TPSA) is 67.6 Å². The number of fused-ring (bicyclic) bond motifs is 1. The Labute approximate surface area is 242 Å². The van der Waals surface area contributed by atoms with Gasteiger partial charge in [0.2, 0.25) is 5.91 Å². The zero-order chi connectivity index (χ0) is 28.9. The van der Waals surface area contributed by atoms with E-state index >= 15 is 0 Å². The summed E-state index contributed by atoms with van der Waals surface area (Å²) in [4.78, 5) is 15.9. The monoisotopic (exact) mass is 557 g/mol. The van der Waals surface area contributed by atoms with E-state index in [-0.39, 0.29) is 28.9 Å². The fraction of sp³-hybridized carbons (Fsp3) is 0.441. The quantitative estimate of drug-likeness (QED) is 0.376. The number of carbonyl (C=O) groups excluding carboxylic acids is 1. The van der Waals surface area contributed by atoms with Crippen molar-refractivity contribution >= 4 is 30.3 Å². The van der Waals surface area contributed by atoms with Gasteiger partial charge in [0.1, 0.15) is 6.04 Å². The first-order chi connectivity index (χ1) is 19.1. The van der Waals surface area contributed by atoms with Gasteiger partial charge in [-0.05, 0) is 64.3 Å². The average molecular weight is 558 g/mol. The summed E-state index contributed by atoms with van der Waals surface area (Å²) in [7, 11) is -0.675. The lowest BCUT2D eigenvalue weighted by Gasteiger charge is -2.44. The number of nitrogens with two attached hydrogens (primary N) is 1. The molecule has 4 rings (SSSR count). The summed E-state index contributed by atoms with van der Waals surface area (Å²) in [6.45, 7) is 12.2. The van der Waals surface area contributed by atoms with Gasteiger partial charge in [0.05, 0.1) is 12.6 Å². The Bertz CT molecular complexity index is 1220. The van der Waals surface area contributed by atoms with E-state index in [2.05, 4.69) is 131 Å². The van der Waals surface area contributed by atoms with Gasteiger partial charge >= 0.3 is 0 Å². The molecule has 3 N–H and O–H groups in total. The molecule has 0 spiro atoms. The fourth-order valence-corrected chi connectivity index (χ4v) is 10.9. The van der Waals surface area contributed by atoms with Crippen molar-refractivity contribution in [1.82, 2.24) is 5.32 Å². The van der Waals surface area contributed by atoms with Crippen molar-refractivity contribution < 1.29 is 9.22 Å². The summed E-state index contributed by atoms with van der Waals surface area (Å²) in [5, 5.41) is 5.76. The summed E-state index contributed by atoms with van der Waals surface area (Å²) in [5.41, 5.74) is 9.43. The van der Waals surface area contributed by atoms with Gasteiger partial charge in [-0.1, -0.05) is 107 Å². The summed E-state index contributed by atoms with van der Waals surface area (Å²) < 4.78 is 7.26. The highest BCUT2D eigenvalue weighted by molar-refractivity contribution is 6.99. The van der Waals surface area contributed by atoms with Crippen LogP contribution in [0.25, 0.3) is 0 Å². The largest absolute Gasteiger partial charge is 0.405 e. The van der Waals surface area contributed by atoms with Crippen molar-refractivity contribution in [2.45, 2.75) is 71.0 Å². The molecule has 1 aliphatic rings. The Morgan fingerprint density at radius 2 is 1.60 bits per heavy atom. The average Bonchev–Trinajstić information content (AvgIpc) is 2.92. The molecule has 0 aromatic heterocycles. The van der Waals surface area contributed by atoms with Crippen molar-refractivity contribution in [2.75, 3.05) is 25.1 Å². The number of carbonyl (C=O) groups is 1. The van der Waals surface area contributed by atoms with E-state index in [4.69, 9.17) is 10.2 Å². The molecule has 1 heterocycles. The van der Waals surface area contributed by atoms with E-state index in [9.17, 15) is 4.79 Å². The first kappa shape index (κ1) is 30.0. The lowest BCUT2D eigenvalue weighted by Crippen LogP contribution is -2.67. The highest BCUT2D eigenvalue weighted by Gasteiger charge is 2.50. The third-order valence-electron chi connectivity index (χ3n) is 8.25. The van der Waals surface area contributed by atoms with E-state index in [1.165, 1.54) is 21.5 Å². The number of aryl methyl sites for hydroxylation is 1. The van der Waals surface area contributed by atoms with Gasteiger partial charge in [-0.15, -0.1) is 0 Å². The van der Waals surface area contributed by atoms with Crippen LogP contribution >= 0.6 is 0 Å². The maximum Gasteiger partial charge on any atom is 0.261 e. The molecule has 1 aliphatic heterocycles. The minimum absolute atomic E-state index is 0.0616. The third-order valence-corrected chi connectivity index (χ3v) is 13.3. The molecule has 0 radical (unpaired) electrons. The van der Waals surface area contributed by atoms with Gasteiger partial charge < -0.3 is 20.4 Å². The van der Waals surface area contributed by atoms with E-state index in [0.717, 1.165) is 18.5 Å². The first-order valence-corrected chi connectivity index (χ1v) is 16.6. The lowest BCUT2D eigenvalue weighted by atomic mass is 9.93. The van der Waals surface area contributed by atoms with Crippen LogP contribution in [0.2, 0.25) is 5.04 Å². The molecule has 0 unspecified atom stereocenters. The van der Waals surface area contributed by atoms with Crippen LogP contribution < -0.4 is 26.3 Å². The Balaban J connectivity index is 1.74. The molecule has 3 aromatic rings. The number of nitrogens with zero attached hydrogens (tertiary/aromatic N) is 1. The number of anilines is 1. The molecule has 2 atom stereocenters. The highest BCUT2D eigenvalue weighted by atomic mass is 28.4. The minimum Gasteiger partial charge on any atom is -0.405 e. The van der Waals surface area contributed by atoms with Gasteiger partial charge in [-0.2, -0.15) is 0 Å². The van der Waals surface area contributed by atoms with Crippen molar-refractivity contribution in [3.05, 3.63) is 90.0 Å². The first-order valence-electron chi connectivity index (χ1n) is 14.7. The number of benzene rings is 3. The zero-order valence-corrected chi connectivity index (χ0v) is 26.1. The molecule has 3 aromatic carbocycles. The van der Waals surface area contributed by atoms with Crippen LogP contribution in [-0.2, 0) is 22.1 Å². The van der Waals surface area contributed by atoms with Gasteiger partial charge in [0.25, 0.3) is 8.32 Å². The number of nitrogens with one attached hydrogen (secondary N) is 1. The molecule has 214 valence electrons. The van der Waals surface area contributed by atoms with E-state index in [1.54, 1.807) is 0 Å². The van der Waals surface area contributed by atoms with Crippen molar-refractivity contribution in [2.24, 2.45) is 11.7 Å². The second kappa shape index (κ2) is 12.7. The number of hydrogen-bond donors (Lipinski definition) is 2. The van der Waals surface area contributed by atoms with E-state index in [1.807, 2.05) is 0 Å². The molecule has 5 nitrogen and oxygen atoms in total. The molecule has 0 aliphatic carbocycles. The standard InChI is InChI=1S/C34H47N3O2Si/c1-25(2)32-33(38)36-28(23-27-20-19-26(14-13-21-35)22-31(27)37(32)6)24-39-40(34(3,4)5,29-15-9-7-10-16-29)30-17-11-8-12-18-30/h7-12,15-20,22,25,28,32H,13-14,21,23-24,35H2,1-6H3,(H,36,38)/t28-,32-/m0/s1. The highest BCUT2D eigenvalue weighted by Crippen LogP contribution is 2.37. The summed E-state index contributed by atoms with van der Waals surface area (Å²) in [5.74, 6) is 0.216. The molecule has 0 fully saturated rings. The number of rotatable bonds is 9. The number of likely N-dealkylation sites (N-methyl/N-ethyl adjacent to an activating group) is 1. The normalized spacial score (nSPS) is 18.2. The van der Waals surface area contributed by atoms with Gasteiger partial charge in [-0.25, -0.2) is 0 Å². The van der Waals surface area contributed by atoms with Crippen LogP contribution in [-0.4, -0.2) is 46.5 Å². The van der Waals surface area contributed by atoms with E-state index in [0.29, 0.717) is 19.6 Å². The van der Waals surface area contributed by atoms with Crippen LogP contribution in [0.5, 0.6) is 0 Å². The predicted octanol–water partition coefficient (Wildman–Crippen LogP) is 4.66. The van der Waals surface area contributed by atoms with Crippen LogP contribution in [0, 0.1) is 5.92 Å². The van der Waals surface area contributed by atoms with Crippen LogP contribution in [0.3, 0.4) is 0 Å². The Kier molecular flexibility index (Phi) is 9.55. The maximum atomic E-state index is 13.7. The van der Waals surface area contributed by atoms with Crippen LogP contribution in [0.4, 0.5) is 5.69 Å². The predicted molar refractivity (Wildman–Crippen MR) is 170 cm³/mol. The van der Waals surface area contributed by atoms with Crippen molar-refractivity contribution in [1.29, 1.82) is 0 Å². The van der Waals surface area contributed by atoms with Crippen molar-refractivity contribution in [3.8, 4) is 0 Å². The third kappa shape index (κ3) is 6.19. The second-order valence-electron chi connectivity index (χ2n) is 12.5. The number of hydrogen-bond acceptors (Lipinski definition) is 4. The summed E-state index contributed by atoms with van der Waals surface area (Å²) in [6, 6.07) is 27.7. The molecule has 0 saturated carbocycles. The van der Waals surface area contributed by atoms with Crippen LogP contribution in [0.1, 0.15) is 52.2 Å². The molecular weight excluding hydrogens is 510 g/mol. The zero-order valence-electron chi connectivity index (χ0n) is 25.1. The summed E-state index contributed by atoms with van der Waals surface area (Å²) >= 11 is 0. The molecule has 0 saturated heterocycles. The Morgan fingerprint density at radius 3 is 2.12 bits per heavy atom. The molecule has 0 bridgehead atoms. The second-order valence-corrected chi connectivity index (χ2v) is 16.8. The Morgan fingerprint density at radius 1 is 1.00 bits per heavy atom. The van der Waals surface area contributed by atoms with Crippen molar-refractivity contribution in [3.63, 3.8) is 0 Å². The molecular formula is C34H47N3O2Si. The Hall–Kier alpha value is -2.93.